The number of fused-ring (bicyclic) bond motifs is 1. The molecule has 0 spiro atoms. The fraction of sp³-hybridized carbons (Fsp3) is 0.545. The molecule has 0 fully saturated rings. The Morgan fingerprint density at radius 3 is 3.18 bits per heavy atom. The number of hydrogen-bond donors (Lipinski definition) is 0. The number of rotatable bonds is 4. The van der Waals surface area contributed by atoms with Gasteiger partial charge in [0.15, 0.2) is 0 Å². The number of aryl methyl sites for hydroxylation is 1. The van der Waals surface area contributed by atoms with Crippen LogP contribution in [-0.2, 0) is 24.5 Å². The molecule has 4 nitrogen and oxygen atoms in total. The number of aromatic nitrogens is 4. The normalized spacial score (nSPS) is 14.8. The predicted octanol–water partition coefficient (Wildman–Crippen LogP) is 2.50. The standard InChI is InChI=1S/C11H14N4S2/c1-2-4-15-10(3-1)13-14-11(15)7-16-6-9-5-12-8-17-9/h5,8H,1-4,6-7H2. The first-order valence-electron chi connectivity index (χ1n) is 5.79. The van der Waals surface area contributed by atoms with Crippen LogP contribution in [0.15, 0.2) is 11.7 Å². The fourth-order valence-corrected chi connectivity index (χ4v) is 3.71. The van der Waals surface area contributed by atoms with Crippen molar-refractivity contribution in [2.24, 2.45) is 0 Å². The van der Waals surface area contributed by atoms with Crippen molar-refractivity contribution >= 4 is 23.1 Å². The maximum absolute atomic E-state index is 4.30. The van der Waals surface area contributed by atoms with E-state index < -0.39 is 0 Å². The molecule has 0 aromatic carbocycles. The van der Waals surface area contributed by atoms with Gasteiger partial charge in [-0.3, -0.25) is 4.98 Å². The molecule has 3 rings (SSSR count). The zero-order valence-corrected chi connectivity index (χ0v) is 11.1. The van der Waals surface area contributed by atoms with Gasteiger partial charge >= 0.3 is 0 Å². The van der Waals surface area contributed by atoms with Crippen LogP contribution in [-0.4, -0.2) is 19.7 Å². The molecule has 0 aliphatic carbocycles. The van der Waals surface area contributed by atoms with Crippen molar-refractivity contribution in [2.75, 3.05) is 0 Å². The van der Waals surface area contributed by atoms with Gasteiger partial charge in [-0.15, -0.1) is 33.3 Å². The van der Waals surface area contributed by atoms with Gasteiger partial charge in [-0.05, 0) is 12.8 Å². The molecule has 3 heterocycles. The van der Waals surface area contributed by atoms with Crippen molar-refractivity contribution in [3.63, 3.8) is 0 Å². The summed E-state index contributed by atoms with van der Waals surface area (Å²) in [6, 6.07) is 0. The van der Waals surface area contributed by atoms with Crippen molar-refractivity contribution in [3.05, 3.63) is 28.2 Å². The van der Waals surface area contributed by atoms with Gasteiger partial charge in [0.05, 0.1) is 11.3 Å². The van der Waals surface area contributed by atoms with Gasteiger partial charge in [0, 0.05) is 29.8 Å². The average molecular weight is 266 g/mol. The summed E-state index contributed by atoms with van der Waals surface area (Å²) in [6.45, 7) is 1.10. The molecule has 17 heavy (non-hydrogen) atoms. The van der Waals surface area contributed by atoms with Gasteiger partial charge in [-0.25, -0.2) is 0 Å². The quantitative estimate of drug-likeness (QED) is 0.853. The average Bonchev–Trinajstić information content (AvgIpc) is 2.99. The number of hydrogen-bond acceptors (Lipinski definition) is 5. The van der Waals surface area contributed by atoms with E-state index in [0.717, 1.165) is 30.3 Å². The summed E-state index contributed by atoms with van der Waals surface area (Å²) in [4.78, 5) is 5.41. The first kappa shape index (κ1) is 11.2. The summed E-state index contributed by atoms with van der Waals surface area (Å²) in [5.41, 5.74) is 1.88. The maximum atomic E-state index is 4.30. The monoisotopic (exact) mass is 266 g/mol. The van der Waals surface area contributed by atoms with Crippen molar-refractivity contribution in [2.45, 2.75) is 37.3 Å². The molecule has 1 aliphatic rings. The summed E-state index contributed by atoms with van der Waals surface area (Å²) in [5.74, 6) is 4.27. The Kier molecular flexibility index (Phi) is 3.42. The van der Waals surface area contributed by atoms with E-state index in [-0.39, 0.29) is 0 Å². The van der Waals surface area contributed by atoms with Crippen molar-refractivity contribution < 1.29 is 0 Å². The molecule has 0 amide bonds. The SMILES string of the molecule is c1ncc(CSCc2nnc3n2CCCC3)s1. The van der Waals surface area contributed by atoms with Gasteiger partial charge in [-0.2, -0.15) is 0 Å². The third-order valence-corrected chi connectivity index (χ3v) is 4.83. The molecule has 0 saturated carbocycles. The zero-order chi connectivity index (χ0) is 11.5. The van der Waals surface area contributed by atoms with E-state index in [1.54, 1.807) is 11.3 Å². The number of thiazole rings is 1. The lowest BCUT2D eigenvalue weighted by atomic mass is 10.2. The van der Waals surface area contributed by atoms with Crippen LogP contribution in [0, 0.1) is 0 Å². The predicted molar refractivity (Wildman–Crippen MR) is 70.1 cm³/mol. The van der Waals surface area contributed by atoms with Crippen LogP contribution in [0.1, 0.15) is 29.4 Å². The first-order valence-corrected chi connectivity index (χ1v) is 7.83. The van der Waals surface area contributed by atoms with E-state index >= 15 is 0 Å². The summed E-state index contributed by atoms with van der Waals surface area (Å²) in [5, 5.41) is 8.56. The number of thioether (sulfide) groups is 1. The minimum atomic E-state index is 0.949. The first-order chi connectivity index (χ1) is 8.43. The molecule has 0 N–H and O–H groups in total. The third-order valence-electron chi connectivity index (χ3n) is 2.90. The highest BCUT2D eigenvalue weighted by atomic mass is 32.2. The van der Waals surface area contributed by atoms with Gasteiger partial charge < -0.3 is 4.57 Å². The van der Waals surface area contributed by atoms with E-state index in [1.807, 2.05) is 23.5 Å². The van der Waals surface area contributed by atoms with Crippen LogP contribution in [0.2, 0.25) is 0 Å². The second-order valence-electron chi connectivity index (χ2n) is 4.10. The molecule has 90 valence electrons. The molecule has 0 atom stereocenters. The summed E-state index contributed by atoms with van der Waals surface area (Å²) in [6.07, 6.45) is 5.55. The Morgan fingerprint density at radius 2 is 2.29 bits per heavy atom. The van der Waals surface area contributed by atoms with Crippen LogP contribution < -0.4 is 0 Å². The van der Waals surface area contributed by atoms with Crippen LogP contribution in [0.3, 0.4) is 0 Å². The Labute approximate surface area is 108 Å². The summed E-state index contributed by atoms with van der Waals surface area (Å²) < 4.78 is 2.29. The second-order valence-corrected chi connectivity index (χ2v) is 6.06. The highest BCUT2D eigenvalue weighted by Gasteiger charge is 2.15. The molecule has 0 unspecified atom stereocenters. The summed E-state index contributed by atoms with van der Waals surface area (Å²) in [7, 11) is 0. The van der Waals surface area contributed by atoms with Crippen molar-refractivity contribution in [3.8, 4) is 0 Å². The lowest BCUT2D eigenvalue weighted by Gasteiger charge is -2.14. The minimum Gasteiger partial charge on any atom is -0.314 e. The van der Waals surface area contributed by atoms with Crippen LogP contribution in [0.5, 0.6) is 0 Å². The Balaban J connectivity index is 1.60. The van der Waals surface area contributed by atoms with Gasteiger partial charge in [0.25, 0.3) is 0 Å². The second kappa shape index (κ2) is 5.18. The van der Waals surface area contributed by atoms with Crippen molar-refractivity contribution in [1.29, 1.82) is 0 Å². The Bertz CT molecular complexity index is 478. The molecule has 0 saturated heterocycles. The van der Waals surface area contributed by atoms with Crippen LogP contribution in [0.4, 0.5) is 0 Å². The fourth-order valence-electron chi connectivity index (χ4n) is 2.03. The highest BCUT2D eigenvalue weighted by Crippen LogP contribution is 2.21. The minimum absolute atomic E-state index is 0.949. The maximum Gasteiger partial charge on any atom is 0.143 e. The van der Waals surface area contributed by atoms with E-state index in [2.05, 4.69) is 19.7 Å². The van der Waals surface area contributed by atoms with E-state index in [1.165, 1.54) is 23.5 Å². The summed E-state index contributed by atoms with van der Waals surface area (Å²) >= 11 is 3.60. The van der Waals surface area contributed by atoms with E-state index in [0.29, 0.717) is 0 Å². The van der Waals surface area contributed by atoms with Crippen LogP contribution >= 0.6 is 23.1 Å². The van der Waals surface area contributed by atoms with E-state index in [4.69, 9.17) is 0 Å². The lowest BCUT2D eigenvalue weighted by Crippen LogP contribution is -2.12. The Hall–Kier alpha value is -0.880. The smallest absolute Gasteiger partial charge is 0.143 e. The van der Waals surface area contributed by atoms with Crippen LogP contribution in [0.25, 0.3) is 0 Å². The lowest BCUT2D eigenvalue weighted by molar-refractivity contribution is 0.513. The highest BCUT2D eigenvalue weighted by molar-refractivity contribution is 7.97. The van der Waals surface area contributed by atoms with Gasteiger partial charge in [-0.1, -0.05) is 0 Å². The molecule has 0 radical (unpaired) electrons. The topological polar surface area (TPSA) is 43.6 Å². The van der Waals surface area contributed by atoms with Crippen molar-refractivity contribution in [1.82, 2.24) is 19.7 Å². The molecular formula is C11H14N4S2. The van der Waals surface area contributed by atoms with Gasteiger partial charge in [0.1, 0.15) is 11.6 Å². The molecule has 2 aromatic rings. The molecule has 1 aliphatic heterocycles. The molecule has 2 aromatic heterocycles. The molecule has 0 bridgehead atoms. The zero-order valence-electron chi connectivity index (χ0n) is 9.50. The largest absolute Gasteiger partial charge is 0.314 e. The molecule has 6 heteroatoms. The number of nitrogens with zero attached hydrogens (tertiary/aromatic N) is 4. The third kappa shape index (κ3) is 2.52. The molecular weight excluding hydrogens is 252 g/mol. The van der Waals surface area contributed by atoms with Gasteiger partial charge in [0.2, 0.25) is 0 Å². The Morgan fingerprint density at radius 1 is 1.29 bits per heavy atom. The van der Waals surface area contributed by atoms with E-state index in [9.17, 15) is 0 Å².